The second-order valence-electron chi connectivity index (χ2n) is 5.51. The largest absolute Gasteiger partial charge is 0.346 e. The predicted molar refractivity (Wildman–Crippen MR) is 60.6 cm³/mol. The summed E-state index contributed by atoms with van der Waals surface area (Å²) in [7, 11) is 0. The lowest BCUT2D eigenvalue weighted by Crippen LogP contribution is -2.40. The molecule has 86 valence electrons. The molecule has 1 heterocycles. The fraction of sp³-hybridized carbons (Fsp3) is 0.846. The quantitative estimate of drug-likeness (QED) is 0.618. The molecule has 15 heavy (non-hydrogen) atoms. The van der Waals surface area contributed by atoms with Crippen LogP contribution >= 0.6 is 0 Å². The Bertz CT molecular complexity index is 260. The molecule has 2 heteroatoms. The molecule has 1 aliphatic heterocycles. The maximum Gasteiger partial charge on any atom is 0.187 e. The fourth-order valence-electron chi connectivity index (χ4n) is 2.53. The zero-order chi connectivity index (χ0) is 10.9. The van der Waals surface area contributed by atoms with Gasteiger partial charge in [-0.05, 0) is 43.6 Å². The maximum atomic E-state index is 5.81. The van der Waals surface area contributed by atoms with Crippen molar-refractivity contribution < 1.29 is 9.47 Å². The van der Waals surface area contributed by atoms with Crippen LogP contribution in [0.15, 0.2) is 11.6 Å². The molecule has 0 aromatic rings. The Morgan fingerprint density at radius 3 is 2.33 bits per heavy atom. The molecule has 0 aromatic heterocycles. The third-order valence-electron chi connectivity index (χ3n) is 3.46. The van der Waals surface area contributed by atoms with Gasteiger partial charge in [-0.1, -0.05) is 19.9 Å². The third kappa shape index (κ3) is 2.43. The van der Waals surface area contributed by atoms with Gasteiger partial charge < -0.3 is 9.47 Å². The molecule has 0 unspecified atom stereocenters. The smallest absolute Gasteiger partial charge is 0.187 e. The van der Waals surface area contributed by atoms with Crippen LogP contribution < -0.4 is 0 Å². The summed E-state index contributed by atoms with van der Waals surface area (Å²) in [5, 5.41) is 0. The van der Waals surface area contributed by atoms with Crippen molar-refractivity contribution in [1.82, 2.24) is 0 Å². The highest BCUT2D eigenvalue weighted by atomic mass is 16.7. The number of allylic oxidation sites excluding steroid dienone is 1. The number of hydrogen-bond acceptors (Lipinski definition) is 2. The van der Waals surface area contributed by atoms with Crippen LogP contribution in [0.2, 0.25) is 0 Å². The summed E-state index contributed by atoms with van der Waals surface area (Å²) in [6.07, 6.45) is 7.03. The van der Waals surface area contributed by atoms with Crippen molar-refractivity contribution in [2.24, 2.45) is 5.41 Å². The molecule has 1 fully saturated rings. The summed E-state index contributed by atoms with van der Waals surface area (Å²) in [6.45, 7) is 8.30. The minimum Gasteiger partial charge on any atom is -0.346 e. The Hall–Kier alpha value is -0.340. The molecule has 0 bridgehead atoms. The molecule has 0 amide bonds. The molecule has 0 spiro atoms. The van der Waals surface area contributed by atoms with E-state index in [-0.39, 0.29) is 0 Å². The highest BCUT2D eigenvalue weighted by molar-refractivity contribution is 5.19. The monoisotopic (exact) mass is 210 g/mol. The van der Waals surface area contributed by atoms with Crippen molar-refractivity contribution in [2.75, 3.05) is 13.2 Å². The Kier molecular flexibility index (Phi) is 2.91. The Morgan fingerprint density at radius 2 is 1.73 bits per heavy atom. The van der Waals surface area contributed by atoms with Crippen LogP contribution in [0, 0.1) is 5.41 Å². The topological polar surface area (TPSA) is 18.5 Å². The molecule has 2 nitrogen and oxygen atoms in total. The van der Waals surface area contributed by atoms with E-state index in [0.29, 0.717) is 5.41 Å². The van der Waals surface area contributed by atoms with E-state index < -0.39 is 5.79 Å². The normalized spacial score (nSPS) is 29.7. The van der Waals surface area contributed by atoms with Crippen molar-refractivity contribution in [3.8, 4) is 0 Å². The van der Waals surface area contributed by atoms with Gasteiger partial charge in [0.25, 0.3) is 0 Å². The summed E-state index contributed by atoms with van der Waals surface area (Å²) in [4.78, 5) is 0. The van der Waals surface area contributed by atoms with Crippen LogP contribution in [0.5, 0.6) is 0 Å². The van der Waals surface area contributed by atoms with Crippen molar-refractivity contribution in [3.05, 3.63) is 11.6 Å². The highest BCUT2D eigenvalue weighted by Gasteiger charge is 2.36. The fourth-order valence-corrected chi connectivity index (χ4v) is 2.53. The maximum absolute atomic E-state index is 5.81. The van der Waals surface area contributed by atoms with E-state index >= 15 is 0 Å². The van der Waals surface area contributed by atoms with Crippen LogP contribution in [0.1, 0.15) is 46.5 Å². The average molecular weight is 210 g/mol. The molecule has 0 atom stereocenters. The van der Waals surface area contributed by atoms with Crippen molar-refractivity contribution in [3.63, 3.8) is 0 Å². The minimum absolute atomic E-state index is 0.306. The van der Waals surface area contributed by atoms with E-state index in [1.807, 2.05) is 0 Å². The first kappa shape index (κ1) is 11.2. The Balaban J connectivity index is 2.18. The molecule has 1 saturated heterocycles. The van der Waals surface area contributed by atoms with E-state index in [0.717, 1.165) is 26.1 Å². The third-order valence-corrected chi connectivity index (χ3v) is 3.46. The molecule has 0 N–H and O–H groups in total. The van der Waals surface area contributed by atoms with Crippen LogP contribution in [-0.2, 0) is 9.47 Å². The molecule has 2 rings (SSSR count). The van der Waals surface area contributed by atoms with Crippen molar-refractivity contribution in [2.45, 2.75) is 52.2 Å². The molecule has 0 saturated carbocycles. The zero-order valence-electron chi connectivity index (χ0n) is 10.1. The lowest BCUT2D eigenvalue weighted by molar-refractivity contribution is -0.233. The summed E-state index contributed by atoms with van der Waals surface area (Å²) in [5.74, 6) is -0.435. The summed E-state index contributed by atoms with van der Waals surface area (Å²) >= 11 is 0. The van der Waals surface area contributed by atoms with Gasteiger partial charge in [0.15, 0.2) is 5.79 Å². The van der Waals surface area contributed by atoms with Crippen LogP contribution in [0.3, 0.4) is 0 Å². The highest BCUT2D eigenvalue weighted by Crippen LogP contribution is 2.39. The van der Waals surface area contributed by atoms with Gasteiger partial charge in [0.05, 0.1) is 13.2 Å². The number of rotatable bonds is 1. The van der Waals surface area contributed by atoms with Gasteiger partial charge in [-0.25, -0.2) is 0 Å². The van der Waals surface area contributed by atoms with Gasteiger partial charge in [-0.2, -0.15) is 0 Å². The molecule has 0 aromatic carbocycles. The molecular formula is C13H22O2. The number of hydrogen-bond donors (Lipinski definition) is 0. The first-order chi connectivity index (χ1) is 7.02. The summed E-state index contributed by atoms with van der Waals surface area (Å²) in [6, 6.07) is 0. The molecular weight excluding hydrogens is 188 g/mol. The van der Waals surface area contributed by atoms with Crippen molar-refractivity contribution >= 4 is 0 Å². The summed E-state index contributed by atoms with van der Waals surface area (Å²) in [5.41, 5.74) is 1.65. The molecule has 1 aliphatic carbocycles. The second kappa shape index (κ2) is 3.91. The standard InChI is InChI=1S/C13H22O2/c1-12(2)7-4-6-11(10-12)13(3)14-8-5-9-15-13/h10H,4-9H2,1-3H3. The second-order valence-corrected chi connectivity index (χ2v) is 5.51. The Morgan fingerprint density at radius 1 is 1.07 bits per heavy atom. The molecule has 0 radical (unpaired) electrons. The van der Waals surface area contributed by atoms with Gasteiger partial charge in [0.1, 0.15) is 0 Å². The van der Waals surface area contributed by atoms with E-state index in [2.05, 4.69) is 26.8 Å². The van der Waals surface area contributed by atoms with E-state index in [1.54, 1.807) is 0 Å². The lowest BCUT2D eigenvalue weighted by Gasteiger charge is -2.40. The van der Waals surface area contributed by atoms with Gasteiger partial charge >= 0.3 is 0 Å². The van der Waals surface area contributed by atoms with E-state index in [4.69, 9.17) is 9.47 Å². The minimum atomic E-state index is -0.435. The first-order valence-electron chi connectivity index (χ1n) is 6.02. The van der Waals surface area contributed by atoms with Crippen LogP contribution in [0.25, 0.3) is 0 Å². The summed E-state index contributed by atoms with van der Waals surface area (Å²) < 4.78 is 11.6. The average Bonchev–Trinajstić information content (AvgIpc) is 2.17. The molecule has 2 aliphatic rings. The number of ether oxygens (including phenoxy) is 2. The van der Waals surface area contributed by atoms with Crippen LogP contribution in [-0.4, -0.2) is 19.0 Å². The van der Waals surface area contributed by atoms with Crippen molar-refractivity contribution in [1.29, 1.82) is 0 Å². The van der Waals surface area contributed by atoms with E-state index in [1.165, 1.54) is 18.4 Å². The Labute approximate surface area is 92.6 Å². The van der Waals surface area contributed by atoms with E-state index in [9.17, 15) is 0 Å². The van der Waals surface area contributed by atoms with Crippen LogP contribution in [0.4, 0.5) is 0 Å². The van der Waals surface area contributed by atoms with Gasteiger partial charge in [0.2, 0.25) is 0 Å². The predicted octanol–water partition coefficient (Wildman–Crippen LogP) is 3.28. The first-order valence-corrected chi connectivity index (χ1v) is 6.02. The van der Waals surface area contributed by atoms with Gasteiger partial charge in [-0.3, -0.25) is 0 Å². The SMILES string of the molecule is CC1(C)C=C(C2(C)OCCCO2)CCC1. The van der Waals surface area contributed by atoms with Gasteiger partial charge in [0, 0.05) is 0 Å². The zero-order valence-corrected chi connectivity index (χ0v) is 10.1. The lowest BCUT2D eigenvalue weighted by atomic mass is 9.77. The van der Waals surface area contributed by atoms with Gasteiger partial charge in [-0.15, -0.1) is 0 Å².